The largest absolute Gasteiger partial charge is 0.418 e. The number of hydrogen-bond donors (Lipinski definition) is 3. The number of aromatic nitrogens is 4. The van der Waals surface area contributed by atoms with Crippen molar-refractivity contribution in [1.82, 2.24) is 24.8 Å². The SMILES string of the molecule is CNc1nc2oc(-c3cccc(CNC(=O)[C@H](N)c4ccccc4)c3)nc2c2c1ncn2C. The number of rotatable bonds is 6. The number of nitrogens with zero attached hydrogens (tertiary/aromatic N) is 4. The second-order valence-electron chi connectivity index (χ2n) is 7.74. The highest BCUT2D eigenvalue weighted by Gasteiger charge is 2.19. The predicted octanol–water partition coefficient (Wildman–Crippen LogP) is 3.13. The van der Waals surface area contributed by atoms with Crippen LogP contribution in [0.1, 0.15) is 17.2 Å². The molecule has 1 atom stereocenters. The molecule has 0 aliphatic carbocycles. The molecule has 4 N–H and O–H groups in total. The Bertz CT molecular complexity index is 1460. The quantitative estimate of drug-likeness (QED) is 0.370. The second kappa shape index (κ2) is 8.36. The van der Waals surface area contributed by atoms with Gasteiger partial charge < -0.3 is 25.4 Å². The number of benzene rings is 2. The molecule has 9 heteroatoms. The molecule has 5 aromatic rings. The lowest BCUT2D eigenvalue weighted by molar-refractivity contribution is -0.122. The highest BCUT2D eigenvalue weighted by Crippen LogP contribution is 2.31. The van der Waals surface area contributed by atoms with Crippen molar-refractivity contribution in [2.45, 2.75) is 12.6 Å². The first-order chi connectivity index (χ1) is 16.0. The summed E-state index contributed by atoms with van der Waals surface area (Å²) in [6, 6.07) is 16.2. The van der Waals surface area contributed by atoms with Crippen molar-refractivity contribution >= 4 is 34.0 Å². The Morgan fingerprint density at radius 3 is 2.73 bits per heavy atom. The Kier molecular flexibility index (Phi) is 5.23. The number of nitrogens with two attached hydrogens (primary N) is 1. The summed E-state index contributed by atoms with van der Waals surface area (Å²) in [6.07, 6.45) is 1.73. The molecule has 0 unspecified atom stereocenters. The number of amides is 1. The van der Waals surface area contributed by atoms with Crippen LogP contribution in [0, 0.1) is 0 Å². The van der Waals surface area contributed by atoms with Gasteiger partial charge in [-0.05, 0) is 23.3 Å². The maximum atomic E-state index is 12.5. The van der Waals surface area contributed by atoms with Gasteiger partial charge in [0.2, 0.25) is 11.8 Å². The average molecular weight is 441 g/mol. The predicted molar refractivity (Wildman–Crippen MR) is 126 cm³/mol. The monoisotopic (exact) mass is 441 g/mol. The number of carbonyl (C=O) groups is 1. The molecule has 1 amide bonds. The first kappa shape index (κ1) is 20.7. The Labute approximate surface area is 189 Å². The van der Waals surface area contributed by atoms with Gasteiger partial charge in [0.15, 0.2) is 11.3 Å². The van der Waals surface area contributed by atoms with Gasteiger partial charge in [0.1, 0.15) is 17.1 Å². The van der Waals surface area contributed by atoms with Crippen molar-refractivity contribution in [2.24, 2.45) is 12.8 Å². The molecule has 33 heavy (non-hydrogen) atoms. The zero-order valence-electron chi connectivity index (χ0n) is 18.2. The Balaban J connectivity index is 1.40. The van der Waals surface area contributed by atoms with E-state index in [-0.39, 0.29) is 5.91 Å². The minimum Gasteiger partial charge on any atom is -0.418 e. The van der Waals surface area contributed by atoms with Crippen LogP contribution in [-0.2, 0) is 18.4 Å². The van der Waals surface area contributed by atoms with Gasteiger partial charge in [-0.15, -0.1) is 0 Å². The van der Waals surface area contributed by atoms with Crippen molar-refractivity contribution < 1.29 is 9.21 Å². The molecule has 0 saturated carbocycles. The van der Waals surface area contributed by atoms with Crippen LogP contribution in [0.25, 0.3) is 33.7 Å². The topological polar surface area (TPSA) is 124 Å². The average Bonchev–Trinajstić information content (AvgIpc) is 3.45. The van der Waals surface area contributed by atoms with E-state index in [1.54, 1.807) is 13.4 Å². The van der Waals surface area contributed by atoms with Gasteiger partial charge in [0.05, 0.1) is 6.33 Å². The third-order valence-corrected chi connectivity index (χ3v) is 5.53. The zero-order chi connectivity index (χ0) is 22.9. The summed E-state index contributed by atoms with van der Waals surface area (Å²) >= 11 is 0. The number of imidazole rings is 1. The van der Waals surface area contributed by atoms with E-state index >= 15 is 0 Å². The lowest BCUT2D eigenvalue weighted by Crippen LogP contribution is -2.33. The van der Waals surface area contributed by atoms with Crippen LogP contribution < -0.4 is 16.4 Å². The molecule has 2 aromatic carbocycles. The van der Waals surface area contributed by atoms with E-state index < -0.39 is 6.04 Å². The molecule has 0 radical (unpaired) electrons. The zero-order valence-corrected chi connectivity index (χ0v) is 18.2. The summed E-state index contributed by atoms with van der Waals surface area (Å²) in [5.74, 6) is 0.838. The van der Waals surface area contributed by atoms with E-state index in [1.807, 2.05) is 66.2 Å². The number of pyridine rings is 1. The number of nitrogens with one attached hydrogen (secondary N) is 2. The summed E-state index contributed by atoms with van der Waals surface area (Å²) in [4.78, 5) is 26.1. The molecule has 0 spiro atoms. The minimum atomic E-state index is -0.722. The van der Waals surface area contributed by atoms with E-state index in [0.29, 0.717) is 29.5 Å². The summed E-state index contributed by atoms with van der Waals surface area (Å²) in [6.45, 7) is 0.335. The van der Waals surface area contributed by atoms with Crippen LogP contribution in [-0.4, -0.2) is 32.5 Å². The Hall–Kier alpha value is -4.24. The summed E-state index contributed by atoms with van der Waals surface area (Å²) in [5.41, 5.74) is 11.2. The fourth-order valence-electron chi connectivity index (χ4n) is 3.80. The standard InChI is InChI=1S/C24H23N7O2/c1-26-21-18-20(31(2)13-28-18)19-24(30-21)33-23(29-19)16-10-6-7-14(11-16)12-27-22(32)17(25)15-8-4-3-5-9-15/h3-11,13,17H,12,25H2,1-2H3,(H,26,30)(H,27,32)/t17-/m1/s1. The van der Waals surface area contributed by atoms with E-state index in [4.69, 9.17) is 15.1 Å². The molecule has 0 bridgehead atoms. The minimum absolute atomic E-state index is 0.240. The molecule has 0 aliphatic rings. The number of aryl methyl sites for hydroxylation is 1. The first-order valence-electron chi connectivity index (χ1n) is 10.5. The highest BCUT2D eigenvalue weighted by molar-refractivity contribution is 6.03. The number of oxazole rings is 1. The summed E-state index contributed by atoms with van der Waals surface area (Å²) in [5, 5.41) is 5.96. The van der Waals surface area contributed by atoms with Gasteiger partial charge in [-0.1, -0.05) is 42.5 Å². The van der Waals surface area contributed by atoms with Crippen molar-refractivity contribution in [1.29, 1.82) is 0 Å². The molecule has 3 aromatic heterocycles. The lowest BCUT2D eigenvalue weighted by atomic mass is 10.1. The lowest BCUT2D eigenvalue weighted by Gasteiger charge is -2.12. The van der Waals surface area contributed by atoms with Crippen molar-refractivity contribution in [3.63, 3.8) is 0 Å². The second-order valence-corrected chi connectivity index (χ2v) is 7.74. The molecule has 0 aliphatic heterocycles. The fraction of sp³-hybridized carbons (Fsp3) is 0.167. The molecule has 9 nitrogen and oxygen atoms in total. The Morgan fingerprint density at radius 1 is 1.12 bits per heavy atom. The van der Waals surface area contributed by atoms with Crippen LogP contribution in [0.3, 0.4) is 0 Å². The van der Waals surface area contributed by atoms with E-state index in [9.17, 15) is 4.79 Å². The molecular formula is C24H23N7O2. The number of hydrogen-bond acceptors (Lipinski definition) is 7. The molecule has 0 fully saturated rings. The van der Waals surface area contributed by atoms with Gasteiger partial charge >= 0.3 is 0 Å². The normalized spacial score (nSPS) is 12.2. The van der Waals surface area contributed by atoms with Gasteiger partial charge in [-0.2, -0.15) is 4.98 Å². The third-order valence-electron chi connectivity index (χ3n) is 5.53. The third kappa shape index (κ3) is 3.79. The van der Waals surface area contributed by atoms with Crippen molar-refractivity contribution in [3.05, 3.63) is 72.1 Å². The van der Waals surface area contributed by atoms with E-state index in [0.717, 1.165) is 27.7 Å². The smallest absolute Gasteiger partial charge is 0.251 e. The maximum absolute atomic E-state index is 12.5. The highest BCUT2D eigenvalue weighted by atomic mass is 16.4. The van der Waals surface area contributed by atoms with Crippen molar-refractivity contribution in [2.75, 3.05) is 12.4 Å². The molecule has 3 heterocycles. The van der Waals surface area contributed by atoms with Gasteiger partial charge in [0, 0.05) is 26.2 Å². The number of anilines is 1. The molecule has 5 rings (SSSR count). The molecule has 0 saturated heterocycles. The van der Waals surface area contributed by atoms with Crippen LogP contribution in [0.4, 0.5) is 5.82 Å². The van der Waals surface area contributed by atoms with E-state index in [1.165, 1.54) is 0 Å². The van der Waals surface area contributed by atoms with Crippen LogP contribution in [0.15, 0.2) is 65.3 Å². The molecule has 166 valence electrons. The number of carbonyl (C=O) groups excluding carboxylic acids is 1. The first-order valence-corrected chi connectivity index (χ1v) is 10.5. The van der Waals surface area contributed by atoms with Gasteiger partial charge in [0.25, 0.3) is 5.71 Å². The van der Waals surface area contributed by atoms with Crippen LogP contribution in [0.2, 0.25) is 0 Å². The summed E-state index contributed by atoms with van der Waals surface area (Å²) in [7, 11) is 3.70. The summed E-state index contributed by atoms with van der Waals surface area (Å²) < 4.78 is 7.89. The fourth-order valence-corrected chi connectivity index (χ4v) is 3.80. The maximum Gasteiger partial charge on any atom is 0.251 e. The van der Waals surface area contributed by atoms with Gasteiger partial charge in [-0.25, -0.2) is 9.97 Å². The van der Waals surface area contributed by atoms with Crippen molar-refractivity contribution in [3.8, 4) is 11.5 Å². The van der Waals surface area contributed by atoms with E-state index in [2.05, 4.69) is 20.6 Å². The van der Waals surface area contributed by atoms with Gasteiger partial charge in [-0.3, -0.25) is 4.79 Å². The van der Waals surface area contributed by atoms with Crippen LogP contribution >= 0.6 is 0 Å². The molecular weight excluding hydrogens is 418 g/mol. The number of fused-ring (bicyclic) bond motifs is 3. The van der Waals surface area contributed by atoms with Crippen LogP contribution in [0.5, 0.6) is 0 Å². The Morgan fingerprint density at radius 2 is 1.94 bits per heavy atom.